The first-order chi connectivity index (χ1) is 29.6. The number of thioether (sulfide) groups is 1. The molecule has 0 N–H and O–H groups in total. The van der Waals surface area contributed by atoms with Gasteiger partial charge in [-0.3, -0.25) is 9.36 Å². The van der Waals surface area contributed by atoms with Gasteiger partial charge in [-0.2, -0.15) is 22.8 Å². The molecule has 6 aromatic rings. The van der Waals surface area contributed by atoms with Crippen molar-refractivity contribution < 1.29 is 18.8 Å². The van der Waals surface area contributed by atoms with Crippen molar-refractivity contribution in [2.75, 3.05) is 24.7 Å². The predicted molar refractivity (Wildman–Crippen MR) is 273 cm³/mol. The van der Waals surface area contributed by atoms with Gasteiger partial charge in [0.2, 0.25) is 0 Å². The zero-order chi connectivity index (χ0) is 46.2. The molecule has 1 fully saturated rings. The molecule has 6 aromatic heterocycles. The Morgan fingerprint density at radius 2 is 1.14 bits per heavy atom. The fourth-order valence-corrected chi connectivity index (χ4v) is 8.89. The molecule has 0 aromatic carbocycles. The summed E-state index contributed by atoms with van der Waals surface area (Å²) in [5.74, 6) is 2.12. The molecule has 0 aliphatic carbocycles. The highest BCUT2D eigenvalue weighted by atomic mass is 32.2. The number of hydrogen-bond donors (Lipinski definition) is 1. The van der Waals surface area contributed by atoms with Crippen LogP contribution in [0.1, 0.15) is 54.4 Å². The van der Waals surface area contributed by atoms with E-state index in [-0.39, 0.29) is 0 Å². The van der Waals surface area contributed by atoms with E-state index in [1.165, 1.54) is 22.9 Å². The molecule has 0 amide bonds. The summed E-state index contributed by atoms with van der Waals surface area (Å²) in [6, 6.07) is 6.70. The van der Waals surface area contributed by atoms with E-state index in [9.17, 15) is 0 Å². The molecule has 0 unspecified atom stereocenters. The zero-order valence-electron chi connectivity index (χ0n) is 40.5. The molecule has 0 bridgehead atoms. The third-order valence-electron chi connectivity index (χ3n) is 11.1. The van der Waals surface area contributed by atoms with Crippen LogP contribution in [0, 0.1) is 0 Å². The largest absolute Gasteiger partial charge is 0.496 e. The van der Waals surface area contributed by atoms with Crippen LogP contribution in [0.3, 0.4) is 0 Å². The maximum Gasteiger partial charge on any atom is 0.496 e. The zero-order valence-corrected chi connectivity index (χ0v) is 44.2. The van der Waals surface area contributed by atoms with Gasteiger partial charge in [0, 0.05) is 124 Å². The Bertz CT molecular complexity index is 2360. The summed E-state index contributed by atoms with van der Waals surface area (Å²) in [5, 5.41) is 10.9. The number of nitrogens with zero attached hydrogens (tertiary/aromatic N) is 8. The second-order valence-corrected chi connectivity index (χ2v) is 32.7. The Labute approximate surface area is 388 Å². The number of aromatic nitrogens is 8. The van der Waals surface area contributed by atoms with E-state index < -0.39 is 34.5 Å². The molecule has 1 aliphatic rings. The summed E-state index contributed by atoms with van der Waals surface area (Å²) in [7, 11) is 1.22. The van der Waals surface area contributed by atoms with Crippen molar-refractivity contribution in [3.05, 3.63) is 61.7 Å². The maximum atomic E-state index is 6.26. The lowest BCUT2D eigenvalue weighted by Crippen LogP contribution is -2.41. The van der Waals surface area contributed by atoms with Crippen molar-refractivity contribution in [3.8, 4) is 22.3 Å². The lowest BCUT2D eigenvalue weighted by Gasteiger charge is -2.32. The molecular weight excluding hydrogens is 860 g/mol. The fourth-order valence-electron chi connectivity index (χ4n) is 6.61. The Balaban J connectivity index is 0.000000222. The molecule has 0 spiro atoms. The highest BCUT2D eigenvalue weighted by molar-refractivity contribution is 7.99. The van der Waals surface area contributed by atoms with Crippen LogP contribution in [0.25, 0.3) is 44.3 Å². The van der Waals surface area contributed by atoms with Crippen LogP contribution in [0.4, 0.5) is 0 Å². The summed E-state index contributed by atoms with van der Waals surface area (Å²) < 4.78 is 32.4. The number of ether oxygens (including phenoxy) is 2. The first kappa shape index (κ1) is 50.8. The topological polar surface area (TPSA) is 108 Å². The van der Waals surface area contributed by atoms with Gasteiger partial charge >= 0.3 is 7.12 Å². The van der Waals surface area contributed by atoms with Crippen LogP contribution in [0.15, 0.2) is 66.6 Å². The minimum atomic E-state index is -1.13. The van der Waals surface area contributed by atoms with Crippen molar-refractivity contribution in [2.24, 2.45) is 14.1 Å². The standard InChI is InChI=1S/C23H35BN4O3Si.C20H30N4OSSi.C3H8S/c1-22(2)23(3,4)31-24(30-22)18-11-19-20(17-12-26-27(5)14-17)15-28(21(19)25-13-18)16-29-9-10-32(6,7)8;1-6-8-26-17-10-18-19(16-11-22-23(2)13-16)14-24(20(18)21-12-17)15-25-7-9-27(3,4)5;1-2-3-4/h11-15H,9-10,16H2,1-8H3;10-14H,6-9,15H2,1-5H3;4H,2-3H2,1H3. The summed E-state index contributed by atoms with van der Waals surface area (Å²) in [5.41, 5.74) is 6.39. The highest BCUT2D eigenvalue weighted by Crippen LogP contribution is 2.37. The second kappa shape index (κ2) is 21.9. The average molecular weight is 933 g/mol. The van der Waals surface area contributed by atoms with Crippen molar-refractivity contribution in [1.82, 2.24) is 38.7 Å². The van der Waals surface area contributed by atoms with Gasteiger partial charge in [0.25, 0.3) is 0 Å². The highest BCUT2D eigenvalue weighted by Gasteiger charge is 2.52. The quantitative estimate of drug-likeness (QED) is 0.0414. The van der Waals surface area contributed by atoms with Gasteiger partial charge in [0.05, 0.1) is 23.6 Å². The molecule has 17 heteroatoms. The maximum absolute atomic E-state index is 6.26. The van der Waals surface area contributed by atoms with Crippen LogP contribution in [0.5, 0.6) is 0 Å². The van der Waals surface area contributed by atoms with Gasteiger partial charge in [0.15, 0.2) is 0 Å². The van der Waals surface area contributed by atoms with Crippen LogP contribution < -0.4 is 5.46 Å². The average Bonchev–Trinajstić information content (AvgIpc) is 4.04. The minimum absolute atomic E-state index is 0.394. The number of hydrogen-bond acceptors (Lipinski definition) is 10. The summed E-state index contributed by atoms with van der Waals surface area (Å²) in [4.78, 5) is 10.8. The predicted octanol–water partition coefficient (Wildman–Crippen LogP) is 10.6. The second-order valence-electron chi connectivity index (χ2n) is 19.9. The summed E-state index contributed by atoms with van der Waals surface area (Å²) in [6.45, 7) is 29.4. The SMILES string of the molecule is CCCS.CCCSc1cnc2c(c1)c(-c1cnn(C)c1)cn2COCC[Si](C)(C)C.Cn1cc(-c2cn(COCC[Si](C)(C)C)c3ncc(B4OC(C)(C)C(C)(C)O4)cc23)cn1. The van der Waals surface area contributed by atoms with E-state index in [4.69, 9.17) is 28.8 Å². The smallest absolute Gasteiger partial charge is 0.399 e. The molecular formula is C46H73BN8O4S2Si2. The van der Waals surface area contributed by atoms with Crippen molar-refractivity contribution in [2.45, 2.75) is 135 Å². The molecule has 0 radical (unpaired) electrons. The van der Waals surface area contributed by atoms with Gasteiger partial charge in [-0.1, -0.05) is 53.1 Å². The molecule has 0 saturated carbocycles. The van der Waals surface area contributed by atoms with E-state index in [1.807, 2.05) is 66.2 Å². The first-order valence-electron chi connectivity index (χ1n) is 22.4. The summed E-state index contributed by atoms with van der Waals surface area (Å²) in [6.07, 6.45) is 18.3. The normalized spacial score (nSPS) is 14.9. The summed E-state index contributed by atoms with van der Waals surface area (Å²) >= 11 is 5.78. The Hall–Kier alpha value is -3.16. The van der Waals surface area contributed by atoms with Gasteiger partial charge < -0.3 is 27.9 Å². The van der Waals surface area contributed by atoms with Crippen LogP contribution >= 0.6 is 24.4 Å². The van der Waals surface area contributed by atoms with Gasteiger partial charge in [-0.05, 0) is 76.3 Å². The Kier molecular flexibility index (Phi) is 17.7. The number of pyridine rings is 2. The van der Waals surface area contributed by atoms with E-state index >= 15 is 0 Å². The number of fused-ring (bicyclic) bond motifs is 2. The lowest BCUT2D eigenvalue weighted by atomic mass is 9.80. The lowest BCUT2D eigenvalue weighted by molar-refractivity contribution is 0.00578. The van der Waals surface area contributed by atoms with Gasteiger partial charge in [0.1, 0.15) is 24.8 Å². The third kappa shape index (κ3) is 13.9. The van der Waals surface area contributed by atoms with E-state index in [2.05, 4.69) is 144 Å². The van der Waals surface area contributed by atoms with Gasteiger partial charge in [-0.15, -0.1) is 11.8 Å². The fraction of sp³-hybridized carbons (Fsp3) is 0.565. The first-order valence-corrected chi connectivity index (χ1v) is 31.4. The van der Waals surface area contributed by atoms with Gasteiger partial charge in [-0.25, -0.2) is 9.97 Å². The number of thiol groups is 1. The molecule has 7 rings (SSSR count). The van der Waals surface area contributed by atoms with Crippen LogP contribution in [-0.2, 0) is 46.3 Å². The Morgan fingerprint density at radius 3 is 1.56 bits per heavy atom. The Morgan fingerprint density at radius 1 is 0.683 bits per heavy atom. The molecule has 63 heavy (non-hydrogen) atoms. The molecule has 1 saturated heterocycles. The van der Waals surface area contributed by atoms with Crippen LogP contribution in [-0.4, -0.2) is 97.9 Å². The van der Waals surface area contributed by atoms with E-state index in [0.29, 0.717) is 13.5 Å². The third-order valence-corrected chi connectivity index (χ3v) is 16.2. The number of rotatable bonds is 17. The molecule has 12 nitrogen and oxygen atoms in total. The van der Waals surface area contributed by atoms with E-state index in [0.717, 1.165) is 81.4 Å². The molecule has 1 aliphatic heterocycles. The molecule has 7 heterocycles. The monoisotopic (exact) mass is 932 g/mol. The van der Waals surface area contributed by atoms with Crippen molar-refractivity contribution in [3.63, 3.8) is 0 Å². The number of aryl methyl sites for hydroxylation is 2. The van der Waals surface area contributed by atoms with Crippen molar-refractivity contribution in [1.29, 1.82) is 0 Å². The van der Waals surface area contributed by atoms with E-state index in [1.54, 1.807) is 0 Å². The van der Waals surface area contributed by atoms with Crippen LogP contribution in [0.2, 0.25) is 51.4 Å². The van der Waals surface area contributed by atoms with Crippen molar-refractivity contribution >= 4 is 75.2 Å². The molecule has 0 atom stereocenters. The molecule has 344 valence electrons. The minimum Gasteiger partial charge on any atom is -0.399 e.